The van der Waals surface area contributed by atoms with Crippen molar-refractivity contribution >= 4 is 28.5 Å². The van der Waals surface area contributed by atoms with E-state index in [0.29, 0.717) is 0 Å². The highest BCUT2D eigenvalue weighted by Crippen LogP contribution is 2.42. The number of rotatable bonds is 2. The van der Waals surface area contributed by atoms with E-state index in [2.05, 4.69) is 87.4 Å². The highest BCUT2D eigenvalue weighted by atomic mass is 127. The summed E-state index contributed by atoms with van der Waals surface area (Å²) in [6.07, 6.45) is 2.38. The first-order valence-corrected chi connectivity index (χ1v) is 9.20. The summed E-state index contributed by atoms with van der Waals surface area (Å²) in [5.74, 6) is 2.60. The van der Waals surface area contributed by atoms with E-state index in [9.17, 15) is 0 Å². The molecule has 0 atom stereocenters. The van der Waals surface area contributed by atoms with E-state index in [1.54, 1.807) is 0 Å². The average molecular weight is 458 g/mol. The predicted octanol–water partition coefficient (Wildman–Crippen LogP) is 0.611. The predicted molar refractivity (Wildman–Crippen MR) is 103 cm³/mol. The van der Waals surface area contributed by atoms with E-state index in [0.717, 1.165) is 26.2 Å². The molecule has 4 nitrogen and oxygen atoms in total. The molecule has 3 heterocycles. The lowest BCUT2D eigenvalue weighted by atomic mass is 10.2. The zero-order chi connectivity index (χ0) is 17.0. The zero-order valence-electron chi connectivity index (χ0n) is 15.2. The number of para-hydroxylation sites is 4. The van der Waals surface area contributed by atoms with Gasteiger partial charge in [0.1, 0.15) is 12.4 Å². The fourth-order valence-electron chi connectivity index (χ4n) is 4.39. The SMILES string of the molecule is CCN1C2=Cc3n(CC)c4ccccc4[n+]3CCN2c2ccccc21.[I-]. The van der Waals surface area contributed by atoms with Crippen LogP contribution in [0.25, 0.3) is 17.1 Å². The number of aromatic nitrogens is 2. The molecule has 0 amide bonds. The molecule has 2 aliphatic heterocycles. The van der Waals surface area contributed by atoms with Crippen LogP contribution in [0.2, 0.25) is 0 Å². The summed E-state index contributed by atoms with van der Waals surface area (Å²) in [6.45, 7) is 8.41. The standard InChI is InChI=1S/C21H23N4.HI/c1-3-22-16-9-5-7-11-18(16)24-13-14-25-19-12-8-6-10-17(19)23(4-2)21(25)15-20(22)24;/h5-12,15H,3-4,13-14H2,1-2H3;1H/q+1;/p-1. The number of fused-ring (bicyclic) bond motifs is 6. The molecule has 2 aliphatic rings. The number of imidazole rings is 1. The Morgan fingerprint density at radius 3 is 2.42 bits per heavy atom. The second-order valence-electron chi connectivity index (χ2n) is 6.63. The molecule has 1 aromatic heterocycles. The van der Waals surface area contributed by atoms with Crippen molar-refractivity contribution in [2.24, 2.45) is 0 Å². The summed E-state index contributed by atoms with van der Waals surface area (Å²) in [5.41, 5.74) is 5.30. The van der Waals surface area contributed by atoms with Crippen molar-refractivity contribution in [2.75, 3.05) is 22.9 Å². The number of hydrogen-bond acceptors (Lipinski definition) is 2. The third-order valence-electron chi connectivity index (χ3n) is 5.47. The van der Waals surface area contributed by atoms with Crippen molar-refractivity contribution in [3.8, 4) is 0 Å². The summed E-state index contributed by atoms with van der Waals surface area (Å²) in [7, 11) is 0. The molecule has 0 bridgehead atoms. The maximum atomic E-state index is 2.47. The van der Waals surface area contributed by atoms with Gasteiger partial charge in [-0.05, 0) is 38.1 Å². The molecular formula is C21H23IN4. The smallest absolute Gasteiger partial charge is 0.286 e. The van der Waals surface area contributed by atoms with Gasteiger partial charge in [0, 0.05) is 6.54 Å². The summed E-state index contributed by atoms with van der Waals surface area (Å²) < 4.78 is 4.91. The number of aryl methyl sites for hydroxylation is 1. The molecule has 0 saturated heterocycles. The quantitative estimate of drug-likeness (QED) is 0.413. The van der Waals surface area contributed by atoms with Crippen molar-refractivity contribution in [1.29, 1.82) is 0 Å². The van der Waals surface area contributed by atoms with Crippen LogP contribution in [0.3, 0.4) is 0 Å². The van der Waals surface area contributed by atoms with Gasteiger partial charge in [-0.15, -0.1) is 0 Å². The van der Waals surface area contributed by atoms with Gasteiger partial charge in [-0.1, -0.05) is 24.3 Å². The van der Waals surface area contributed by atoms with Crippen molar-refractivity contribution in [3.05, 3.63) is 60.2 Å². The van der Waals surface area contributed by atoms with Gasteiger partial charge in [-0.2, -0.15) is 0 Å². The number of halogens is 1. The zero-order valence-corrected chi connectivity index (χ0v) is 17.3. The Morgan fingerprint density at radius 1 is 0.923 bits per heavy atom. The monoisotopic (exact) mass is 458 g/mol. The molecule has 0 radical (unpaired) electrons. The molecule has 5 rings (SSSR count). The number of nitrogens with zero attached hydrogens (tertiary/aromatic N) is 4. The number of benzene rings is 2. The van der Waals surface area contributed by atoms with Crippen LogP contribution in [0, 0.1) is 0 Å². The minimum absolute atomic E-state index is 0. The molecule has 0 spiro atoms. The Morgan fingerprint density at radius 2 is 1.65 bits per heavy atom. The lowest BCUT2D eigenvalue weighted by Crippen LogP contribution is -3.00. The molecule has 0 saturated carbocycles. The fraction of sp³-hybridized carbons (Fsp3) is 0.286. The Hall–Kier alpha value is -2.02. The van der Waals surface area contributed by atoms with Crippen LogP contribution in [0.1, 0.15) is 19.7 Å². The first-order chi connectivity index (χ1) is 12.3. The normalized spacial score (nSPS) is 15.1. The van der Waals surface area contributed by atoms with Gasteiger partial charge >= 0.3 is 0 Å². The Balaban J connectivity index is 0.00000168. The third-order valence-corrected chi connectivity index (χ3v) is 5.47. The van der Waals surface area contributed by atoms with E-state index in [1.807, 2.05) is 0 Å². The Kier molecular flexibility index (Phi) is 4.42. The third kappa shape index (κ3) is 2.29. The van der Waals surface area contributed by atoms with Gasteiger partial charge < -0.3 is 33.8 Å². The lowest BCUT2D eigenvalue weighted by Gasteiger charge is -2.22. The molecule has 3 aromatic rings. The minimum atomic E-state index is 0. The fourth-order valence-corrected chi connectivity index (χ4v) is 4.39. The second-order valence-corrected chi connectivity index (χ2v) is 6.63. The van der Waals surface area contributed by atoms with E-state index >= 15 is 0 Å². The van der Waals surface area contributed by atoms with E-state index in [-0.39, 0.29) is 24.0 Å². The Bertz CT molecular complexity index is 1000. The lowest BCUT2D eigenvalue weighted by molar-refractivity contribution is -0.670. The van der Waals surface area contributed by atoms with Gasteiger partial charge in [0.25, 0.3) is 5.82 Å². The first kappa shape index (κ1) is 17.4. The van der Waals surface area contributed by atoms with E-state index in [1.165, 1.54) is 34.1 Å². The first-order valence-electron chi connectivity index (χ1n) is 9.20. The molecule has 5 heteroatoms. The van der Waals surface area contributed by atoms with Crippen LogP contribution in [-0.2, 0) is 13.1 Å². The molecule has 0 fully saturated rings. The molecule has 0 N–H and O–H groups in total. The van der Waals surface area contributed by atoms with E-state index < -0.39 is 0 Å². The minimum Gasteiger partial charge on any atom is -1.00 e. The molecule has 2 aromatic carbocycles. The van der Waals surface area contributed by atoms with Crippen LogP contribution >= 0.6 is 0 Å². The summed E-state index contributed by atoms with van der Waals surface area (Å²) in [5, 5.41) is 0. The van der Waals surface area contributed by atoms with Gasteiger partial charge in [0.05, 0.1) is 30.5 Å². The van der Waals surface area contributed by atoms with Gasteiger partial charge in [-0.25, -0.2) is 9.13 Å². The van der Waals surface area contributed by atoms with Gasteiger partial charge in [-0.3, -0.25) is 0 Å². The molecular weight excluding hydrogens is 435 g/mol. The van der Waals surface area contributed by atoms with Gasteiger partial charge in [0.2, 0.25) is 0 Å². The second kappa shape index (κ2) is 6.61. The largest absolute Gasteiger partial charge is 1.00 e. The maximum Gasteiger partial charge on any atom is 0.286 e. The molecule has 0 aliphatic carbocycles. The van der Waals surface area contributed by atoms with Crippen molar-refractivity contribution in [2.45, 2.75) is 26.9 Å². The molecule has 26 heavy (non-hydrogen) atoms. The molecule has 134 valence electrons. The number of anilines is 2. The van der Waals surface area contributed by atoms with E-state index in [4.69, 9.17) is 0 Å². The highest BCUT2D eigenvalue weighted by Gasteiger charge is 2.35. The highest BCUT2D eigenvalue weighted by molar-refractivity contribution is 5.86. The maximum absolute atomic E-state index is 2.47. The van der Waals surface area contributed by atoms with Crippen LogP contribution in [0.4, 0.5) is 11.4 Å². The molecule has 0 unspecified atom stereocenters. The van der Waals surface area contributed by atoms with Crippen molar-refractivity contribution in [3.63, 3.8) is 0 Å². The van der Waals surface area contributed by atoms with Crippen LogP contribution in [-0.4, -0.2) is 17.7 Å². The Labute approximate surface area is 171 Å². The van der Waals surface area contributed by atoms with Crippen LogP contribution < -0.4 is 38.3 Å². The van der Waals surface area contributed by atoms with Gasteiger partial charge in [0.15, 0.2) is 11.0 Å². The van der Waals surface area contributed by atoms with Crippen LogP contribution in [0.15, 0.2) is 54.4 Å². The number of hydrogen-bond donors (Lipinski definition) is 0. The summed E-state index contributed by atoms with van der Waals surface area (Å²) in [4.78, 5) is 4.91. The summed E-state index contributed by atoms with van der Waals surface area (Å²) >= 11 is 0. The summed E-state index contributed by atoms with van der Waals surface area (Å²) in [6, 6.07) is 17.5. The van der Waals surface area contributed by atoms with Crippen molar-refractivity contribution < 1.29 is 28.5 Å². The van der Waals surface area contributed by atoms with Crippen LogP contribution in [0.5, 0.6) is 0 Å². The average Bonchev–Trinajstić information content (AvgIpc) is 3.04. The topological polar surface area (TPSA) is 15.3 Å². The van der Waals surface area contributed by atoms with Crippen molar-refractivity contribution in [1.82, 2.24) is 4.57 Å².